The molecule has 2 heterocycles. The molecule has 0 saturated carbocycles. The molecular weight excluding hydrogens is 348 g/mol. The van der Waals surface area contributed by atoms with Gasteiger partial charge in [0, 0.05) is 23.9 Å². The summed E-state index contributed by atoms with van der Waals surface area (Å²) in [5.74, 6) is -1.22. The van der Waals surface area contributed by atoms with Crippen molar-refractivity contribution in [1.82, 2.24) is 9.97 Å². The Balaban J connectivity index is 2.28. The minimum absolute atomic E-state index is 0.00104. The standard InChI is InChI=1S/C17H15ClN2O5/c1-3-24-16(21)5-4-11-8-19-9-13(10(11)2)25-15-7-12(17(22)23)6-14(18)20-15/h4-9H,3H2,1-2H3,(H,22,23). The molecule has 0 radical (unpaired) electrons. The zero-order valence-corrected chi connectivity index (χ0v) is 14.3. The van der Waals surface area contributed by atoms with E-state index in [1.54, 1.807) is 26.1 Å². The first-order chi connectivity index (χ1) is 11.9. The number of halogens is 1. The Bertz CT molecular complexity index is 836. The number of aromatic nitrogens is 2. The van der Waals surface area contributed by atoms with Crippen LogP contribution in [0.15, 0.2) is 30.6 Å². The Morgan fingerprint density at radius 3 is 2.76 bits per heavy atom. The number of nitrogens with zero attached hydrogens (tertiary/aromatic N) is 2. The highest BCUT2D eigenvalue weighted by molar-refractivity contribution is 6.29. The third kappa shape index (κ3) is 5.02. The third-order valence-electron chi connectivity index (χ3n) is 3.13. The van der Waals surface area contributed by atoms with E-state index in [-0.39, 0.29) is 23.2 Å². The number of esters is 1. The molecule has 1 N–H and O–H groups in total. The molecule has 0 amide bonds. The number of aromatic carboxylic acids is 1. The van der Waals surface area contributed by atoms with Crippen molar-refractivity contribution in [2.24, 2.45) is 0 Å². The summed E-state index contributed by atoms with van der Waals surface area (Å²) in [4.78, 5) is 30.5. The first-order valence-corrected chi connectivity index (χ1v) is 7.66. The molecule has 2 rings (SSSR count). The third-order valence-corrected chi connectivity index (χ3v) is 3.32. The molecule has 8 heteroatoms. The Labute approximate surface area is 148 Å². The summed E-state index contributed by atoms with van der Waals surface area (Å²) in [6, 6.07) is 2.48. The molecule has 0 aliphatic heterocycles. The Kier molecular flexibility index (Phi) is 6.08. The molecule has 0 aliphatic carbocycles. The first-order valence-electron chi connectivity index (χ1n) is 7.29. The van der Waals surface area contributed by atoms with Gasteiger partial charge in [-0.15, -0.1) is 0 Å². The molecule has 0 aliphatic rings. The quantitative estimate of drug-likeness (QED) is 0.477. The van der Waals surface area contributed by atoms with Crippen LogP contribution in [0.1, 0.15) is 28.4 Å². The number of rotatable bonds is 6. The van der Waals surface area contributed by atoms with Crippen LogP contribution in [0.25, 0.3) is 6.08 Å². The highest BCUT2D eigenvalue weighted by atomic mass is 35.5. The first kappa shape index (κ1) is 18.4. The number of hydrogen-bond acceptors (Lipinski definition) is 6. The Hall–Kier alpha value is -2.93. The van der Waals surface area contributed by atoms with E-state index in [0.29, 0.717) is 16.9 Å². The van der Waals surface area contributed by atoms with Crippen LogP contribution < -0.4 is 4.74 Å². The van der Waals surface area contributed by atoms with Crippen molar-refractivity contribution >= 4 is 29.6 Å². The molecule has 0 bridgehead atoms. The van der Waals surface area contributed by atoms with Gasteiger partial charge in [0.2, 0.25) is 5.88 Å². The van der Waals surface area contributed by atoms with Crippen molar-refractivity contribution in [2.75, 3.05) is 6.61 Å². The van der Waals surface area contributed by atoms with Crippen molar-refractivity contribution < 1.29 is 24.2 Å². The van der Waals surface area contributed by atoms with Crippen LogP contribution in [0.4, 0.5) is 0 Å². The van der Waals surface area contributed by atoms with E-state index in [0.717, 1.165) is 0 Å². The Morgan fingerprint density at radius 2 is 2.08 bits per heavy atom. The lowest BCUT2D eigenvalue weighted by Gasteiger charge is -2.10. The number of carboxylic acid groups (broad SMARTS) is 1. The van der Waals surface area contributed by atoms with Gasteiger partial charge in [0.1, 0.15) is 5.15 Å². The molecule has 7 nitrogen and oxygen atoms in total. The molecule has 0 spiro atoms. The summed E-state index contributed by atoms with van der Waals surface area (Å²) >= 11 is 5.81. The molecule has 25 heavy (non-hydrogen) atoms. The number of hydrogen-bond donors (Lipinski definition) is 1. The average molecular weight is 363 g/mol. The predicted molar refractivity (Wildman–Crippen MR) is 90.9 cm³/mol. The van der Waals surface area contributed by atoms with Crippen molar-refractivity contribution in [2.45, 2.75) is 13.8 Å². The second kappa shape index (κ2) is 8.25. The minimum atomic E-state index is -1.14. The van der Waals surface area contributed by atoms with Crippen LogP contribution in [-0.4, -0.2) is 33.6 Å². The van der Waals surface area contributed by atoms with Crippen LogP contribution in [0.5, 0.6) is 11.6 Å². The van der Waals surface area contributed by atoms with Crippen LogP contribution in [0, 0.1) is 6.92 Å². The maximum atomic E-state index is 11.4. The van der Waals surface area contributed by atoms with E-state index in [4.69, 9.17) is 26.2 Å². The summed E-state index contributed by atoms with van der Waals surface area (Å²) in [6.45, 7) is 3.77. The molecule has 0 unspecified atom stereocenters. The molecule has 0 fully saturated rings. The number of pyridine rings is 2. The van der Waals surface area contributed by atoms with Gasteiger partial charge in [0.05, 0.1) is 18.4 Å². The maximum Gasteiger partial charge on any atom is 0.335 e. The van der Waals surface area contributed by atoms with Gasteiger partial charge in [0.25, 0.3) is 0 Å². The predicted octanol–water partition coefficient (Wildman–Crippen LogP) is 3.51. The van der Waals surface area contributed by atoms with Gasteiger partial charge in [-0.2, -0.15) is 0 Å². The van der Waals surface area contributed by atoms with Gasteiger partial charge in [-0.1, -0.05) is 11.6 Å². The van der Waals surface area contributed by atoms with E-state index in [9.17, 15) is 9.59 Å². The second-order valence-corrected chi connectivity index (χ2v) is 5.25. The summed E-state index contributed by atoms with van der Waals surface area (Å²) in [5, 5.41) is 9.06. The number of ether oxygens (including phenoxy) is 2. The topological polar surface area (TPSA) is 98.6 Å². The number of carboxylic acids is 1. The minimum Gasteiger partial charge on any atom is -0.478 e. The summed E-state index contributed by atoms with van der Waals surface area (Å²) in [7, 11) is 0. The molecule has 0 saturated heterocycles. The Morgan fingerprint density at radius 1 is 1.32 bits per heavy atom. The molecule has 2 aromatic rings. The van der Waals surface area contributed by atoms with Gasteiger partial charge in [-0.25, -0.2) is 14.6 Å². The van der Waals surface area contributed by atoms with E-state index in [2.05, 4.69) is 9.97 Å². The SMILES string of the molecule is CCOC(=O)C=Cc1cncc(Oc2cc(C(=O)O)cc(Cl)n2)c1C. The van der Waals surface area contributed by atoms with Gasteiger partial charge in [-0.3, -0.25) is 4.98 Å². The van der Waals surface area contributed by atoms with Gasteiger partial charge >= 0.3 is 11.9 Å². The fourth-order valence-corrected chi connectivity index (χ4v) is 2.10. The lowest BCUT2D eigenvalue weighted by Crippen LogP contribution is -2.00. The zero-order chi connectivity index (χ0) is 18.4. The van der Waals surface area contributed by atoms with Gasteiger partial charge < -0.3 is 14.6 Å². The van der Waals surface area contributed by atoms with Crippen molar-refractivity contribution in [1.29, 1.82) is 0 Å². The largest absolute Gasteiger partial charge is 0.478 e. The van der Waals surface area contributed by atoms with Crippen molar-refractivity contribution in [3.8, 4) is 11.6 Å². The van der Waals surface area contributed by atoms with Crippen LogP contribution in [0.2, 0.25) is 5.15 Å². The number of carbonyl (C=O) groups excluding carboxylic acids is 1. The van der Waals surface area contributed by atoms with Crippen LogP contribution >= 0.6 is 11.6 Å². The van der Waals surface area contributed by atoms with E-state index >= 15 is 0 Å². The molecule has 0 atom stereocenters. The van der Waals surface area contributed by atoms with E-state index in [1.807, 2.05) is 0 Å². The molecule has 2 aromatic heterocycles. The van der Waals surface area contributed by atoms with Crippen LogP contribution in [0.3, 0.4) is 0 Å². The summed E-state index contributed by atoms with van der Waals surface area (Å²) in [6.07, 6.45) is 5.87. The fourth-order valence-electron chi connectivity index (χ4n) is 1.90. The van der Waals surface area contributed by atoms with Crippen molar-refractivity contribution in [3.63, 3.8) is 0 Å². The highest BCUT2D eigenvalue weighted by Gasteiger charge is 2.11. The second-order valence-electron chi connectivity index (χ2n) is 4.86. The van der Waals surface area contributed by atoms with Gasteiger partial charge in [0.15, 0.2) is 5.75 Å². The van der Waals surface area contributed by atoms with E-state index in [1.165, 1.54) is 24.4 Å². The highest BCUT2D eigenvalue weighted by Crippen LogP contribution is 2.27. The van der Waals surface area contributed by atoms with Gasteiger partial charge in [-0.05, 0) is 31.6 Å². The monoisotopic (exact) mass is 362 g/mol. The lowest BCUT2D eigenvalue weighted by atomic mass is 10.1. The van der Waals surface area contributed by atoms with Crippen molar-refractivity contribution in [3.05, 3.63) is 52.4 Å². The smallest absolute Gasteiger partial charge is 0.335 e. The molecule has 0 aromatic carbocycles. The number of carbonyl (C=O) groups is 2. The molecule has 130 valence electrons. The van der Waals surface area contributed by atoms with Crippen LogP contribution in [-0.2, 0) is 9.53 Å². The average Bonchev–Trinajstić information content (AvgIpc) is 2.55. The zero-order valence-electron chi connectivity index (χ0n) is 13.5. The normalized spacial score (nSPS) is 10.7. The fraction of sp³-hybridized carbons (Fsp3) is 0.176. The lowest BCUT2D eigenvalue weighted by molar-refractivity contribution is -0.137. The summed E-state index contributed by atoms with van der Waals surface area (Å²) in [5.41, 5.74) is 1.29. The van der Waals surface area contributed by atoms with E-state index < -0.39 is 11.9 Å². The molecular formula is C17H15ClN2O5. The maximum absolute atomic E-state index is 11.4. The summed E-state index contributed by atoms with van der Waals surface area (Å²) < 4.78 is 10.4.